The van der Waals surface area contributed by atoms with Crippen LogP contribution in [0.15, 0.2) is 20.3 Å². The van der Waals surface area contributed by atoms with E-state index < -0.39 is 5.69 Å². The molecule has 0 aliphatic carbocycles. The summed E-state index contributed by atoms with van der Waals surface area (Å²) < 4.78 is 1.51. The van der Waals surface area contributed by atoms with E-state index in [1.165, 1.54) is 6.20 Å². The number of nitrogens with zero attached hydrogens (tertiary/aromatic N) is 1. The molecule has 0 amide bonds. The van der Waals surface area contributed by atoms with Crippen molar-refractivity contribution in [3.05, 3.63) is 31.5 Å². The Kier molecular flexibility index (Phi) is 4.77. The van der Waals surface area contributed by atoms with Crippen molar-refractivity contribution in [3.63, 3.8) is 0 Å². The Morgan fingerprint density at radius 1 is 1.33 bits per heavy atom. The molecule has 1 rings (SSSR count). The van der Waals surface area contributed by atoms with Crippen LogP contribution in [0.5, 0.6) is 0 Å². The van der Waals surface area contributed by atoms with Crippen LogP contribution in [0, 0.1) is 0 Å². The van der Waals surface area contributed by atoms with Crippen molar-refractivity contribution >= 4 is 15.9 Å². The van der Waals surface area contributed by atoms with Crippen molar-refractivity contribution < 1.29 is 5.11 Å². The SMILES string of the molecule is O=c1[nH]cc(Br)c(=O)n1CCCCCO. The van der Waals surface area contributed by atoms with Crippen LogP contribution in [0.4, 0.5) is 0 Å². The third-order valence-corrected chi connectivity index (χ3v) is 2.62. The van der Waals surface area contributed by atoms with Crippen LogP contribution < -0.4 is 11.2 Å². The third-order valence-electron chi connectivity index (χ3n) is 2.06. The predicted octanol–water partition coefficient (Wildman–Crippen LogP) is 0.462. The minimum absolute atomic E-state index is 0.143. The van der Waals surface area contributed by atoms with E-state index in [0.29, 0.717) is 23.9 Å². The van der Waals surface area contributed by atoms with Crippen LogP contribution >= 0.6 is 15.9 Å². The summed E-state index contributed by atoms with van der Waals surface area (Å²) in [6, 6.07) is 0. The number of aromatic amines is 1. The maximum Gasteiger partial charge on any atom is 0.328 e. The largest absolute Gasteiger partial charge is 0.396 e. The summed E-state index contributed by atoms with van der Waals surface area (Å²) in [7, 11) is 0. The van der Waals surface area contributed by atoms with Crippen molar-refractivity contribution in [2.45, 2.75) is 25.8 Å². The van der Waals surface area contributed by atoms with Gasteiger partial charge in [-0.05, 0) is 35.2 Å². The molecule has 1 heterocycles. The number of aromatic nitrogens is 2. The van der Waals surface area contributed by atoms with Gasteiger partial charge in [-0.1, -0.05) is 0 Å². The molecule has 0 aliphatic rings. The maximum atomic E-state index is 11.5. The van der Waals surface area contributed by atoms with Crippen LogP contribution in [0.3, 0.4) is 0 Å². The first-order valence-electron chi connectivity index (χ1n) is 4.75. The zero-order valence-electron chi connectivity index (χ0n) is 8.20. The molecule has 84 valence electrons. The Morgan fingerprint density at radius 3 is 2.73 bits per heavy atom. The van der Waals surface area contributed by atoms with Gasteiger partial charge in [-0.25, -0.2) is 4.79 Å². The fourth-order valence-electron chi connectivity index (χ4n) is 1.25. The molecule has 0 spiro atoms. The normalized spacial score (nSPS) is 10.5. The molecule has 6 heteroatoms. The Morgan fingerprint density at radius 2 is 2.07 bits per heavy atom. The zero-order chi connectivity index (χ0) is 11.3. The Hall–Kier alpha value is -0.880. The molecule has 2 N–H and O–H groups in total. The van der Waals surface area contributed by atoms with Crippen molar-refractivity contribution in [1.82, 2.24) is 9.55 Å². The molecule has 0 saturated carbocycles. The number of nitrogens with one attached hydrogen (secondary N) is 1. The van der Waals surface area contributed by atoms with Gasteiger partial charge < -0.3 is 10.1 Å². The molecule has 0 bridgehead atoms. The second-order valence-corrected chi connectivity index (χ2v) is 4.04. The van der Waals surface area contributed by atoms with Crippen LogP contribution in [0.25, 0.3) is 0 Å². The highest BCUT2D eigenvalue weighted by Gasteiger charge is 2.03. The Balaban J connectivity index is 2.72. The topological polar surface area (TPSA) is 75.1 Å². The van der Waals surface area contributed by atoms with Crippen LogP contribution in [-0.4, -0.2) is 21.3 Å². The first-order chi connectivity index (χ1) is 7.16. The molecular formula is C9H13BrN2O3. The first kappa shape index (κ1) is 12.2. The fraction of sp³-hybridized carbons (Fsp3) is 0.556. The number of rotatable bonds is 5. The molecule has 0 saturated heterocycles. The lowest BCUT2D eigenvalue weighted by Gasteiger charge is -2.03. The number of aliphatic hydroxyl groups excluding tert-OH is 1. The van der Waals surface area contributed by atoms with Gasteiger partial charge in [0, 0.05) is 19.3 Å². The fourth-order valence-corrected chi connectivity index (χ4v) is 1.58. The zero-order valence-corrected chi connectivity index (χ0v) is 9.79. The summed E-state index contributed by atoms with van der Waals surface area (Å²) >= 11 is 3.06. The molecule has 1 aromatic heterocycles. The van der Waals surface area contributed by atoms with Gasteiger partial charge in [-0.2, -0.15) is 0 Å². The van der Waals surface area contributed by atoms with E-state index in [2.05, 4.69) is 20.9 Å². The molecule has 15 heavy (non-hydrogen) atoms. The number of hydrogen-bond donors (Lipinski definition) is 2. The molecule has 0 radical (unpaired) electrons. The van der Waals surface area contributed by atoms with Crippen LogP contribution in [0.1, 0.15) is 19.3 Å². The highest BCUT2D eigenvalue weighted by molar-refractivity contribution is 9.10. The predicted molar refractivity (Wildman–Crippen MR) is 60.0 cm³/mol. The minimum atomic E-state index is -0.396. The number of halogens is 1. The number of unbranched alkanes of at least 4 members (excludes halogenated alkanes) is 2. The summed E-state index contributed by atoms with van der Waals surface area (Å²) in [5.74, 6) is 0. The van der Waals surface area contributed by atoms with Gasteiger partial charge in [0.15, 0.2) is 0 Å². The standard InChI is InChI=1S/C9H13BrN2O3/c10-7-6-11-9(15)12(8(7)14)4-2-1-3-5-13/h6,13H,1-5H2,(H,11,15). The van der Waals surface area contributed by atoms with Gasteiger partial charge in [0.05, 0.1) is 4.47 Å². The summed E-state index contributed by atoms with van der Waals surface area (Å²) in [6.07, 6.45) is 3.55. The molecule has 5 nitrogen and oxygen atoms in total. The van der Waals surface area contributed by atoms with Gasteiger partial charge in [0.2, 0.25) is 0 Å². The Labute approximate surface area is 94.9 Å². The monoisotopic (exact) mass is 276 g/mol. The van der Waals surface area contributed by atoms with E-state index in [1.54, 1.807) is 0 Å². The third kappa shape index (κ3) is 3.32. The number of H-pyrrole nitrogens is 1. The Bertz CT molecular complexity index is 424. The summed E-state index contributed by atoms with van der Waals surface area (Å²) in [5, 5.41) is 8.57. The summed E-state index contributed by atoms with van der Waals surface area (Å²) in [4.78, 5) is 25.3. The van der Waals surface area contributed by atoms with E-state index in [-0.39, 0.29) is 12.2 Å². The molecule has 0 aromatic carbocycles. The maximum absolute atomic E-state index is 11.5. The lowest BCUT2D eigenvalue weighted by atomic mass is 10.2. The average Bonchev–Trinajstić information content (AvgIpc) is 2.23. The lowest BCUT2D eigenvalue weighted by molar-refractivity contribution is 0.281. The summed E-state index contributed by atoms with van der Waals surface area (Å²) in [6.45, 7) is 0.525. The van der Waals surface area contributed by atoms with Crippen molar-refractivity contribution in [3.8, 4) is 0 Å². The number of hydrogen-bond acceptors (Lipinski definition) is 3. The van der Waals surface area contributed by atoms with Crippen molar-refractivity contribution in [2.75, 3.05) is 6.61 Å². The van der Waals surface area contributed by atoms with Crippen LogP contribution in [0.2, 0.25) is 0 Å². The minimum Gasteiger partial charge on any atom is -0.396 e. The number of aliphatic hydroxyl groups is 1. The smallest absolute Gasteiger partial charge is 0.328 e. The van der Waals surface area contributed by atoms with Gasteiger partial charge in [0.1, 0.15) is 0 Å². The van der Waals surface area contributed by atoms with E-state index in [0.717, 1.165) is 11.0 Å². The second-order valence-electron chi connectivity index (χ2n) is 3.18. The highest BCUT2D eigenvalue weighted by Crippen LogP contribution is 1.98. The van der Waals surface area contributed by atoms with Crippen molar-refractivity contribution in [2.24, 2.45) is 0 Å². The molecule has 0 atom stereocenters. The summed E-state index contributed by atoms with van der Waals surface area (Å²) in [5.41, 5.74) is -0.713. The second kappa shape index (κ2) is 5.87. The molecule has 0 aliphatic heterocycles. The average molecular weight is 277 g/mol. The van der Waals surface area contributed by atoms with E-state index in [9.17, 15) is 9.59 Å². The first-order valence-corrected chi connectivity index (χ1v) is 5.55. The van der Waals surface area contributed by atoms with Crippen molar-refractivity contribution in [1.29, 1.82) is 0 Å². The van der Waals surface area contributed by atoms with Gasteiger partial charge in [0.25, 0.3) is 5.56 Å². The molecular weight excluding hydrogens is 264 g/mol. The molecule has 0 fully saturated rings. The van der Waals surface area contributed by atoms with E-state index in [1.807, 2.05) is 0 Å². The van der Waals surface area contributed by atoms with E-state index in [4.69, 9.17) is 5.11 Å². The molecule has 0 unspecified atom stereocenters. The lowest BCUT2D eigenvalue weighted by Crippen LogP contribution is -2.35. The van der Waals surface area contributed by atoms with Gasteiger partial charge in [-0.3, -0.25) is 9.36 Å². The van der Waals surface area contributed by atoms with E-state index >= 15 is 0 Å². The van der Waals surface area contributed by atoms with Gasteiger partial charge in [-0.15, -0.1) is 0 Å². The highest BCUT2D eigenvalue weighted by atomic mass is 79.9. The quantitative estimate of drug-likeness (QED) is 0.768. The van der Waals surface area contributed by atoms with Gasteiger partial charge >= 0.3 is 5.69 Å². The van der Waals surface area contributed by atoms with Crippen LogP contribution in [-0.2, 0) is 6.54 Å². The molecule has 1 aromatic rings.